The van der Waals surface area contributed by atoms with Crippen molar-refractivity contribution in [3.05, 3.63) is 52.3 Å². The second kappa shape index (κ2) is 7.65. The van der Waals surface area contributed by atoms with Crippen molar-refractivity contribution in [2.75, 3.05) is 14.2 Å². The summed E-state index contributed by atoms with van der Waals surface area (Å²) in [5.41, 5.74) is 1.69. The molecule has 1 unspecified atom stereocenters. The third-order valence-electron chi connectivity index (χ3n) is 3.89. The molecule has 0 saturated carbocycles. The van der Waals surface area contributed by atoms with Crippen LogP contribution in [0.5, 0.6) is 11.5 Å². The first-order chi connectivity index (χ1) is 12.5. The molecule has 0 amide bonds. The van der Waals surface area contributed by atoms with E-state index in [-0.39, 0.29) is 12.1 Å². The van der Waals surface area contributed by atoms with Gasteiger partial charge in [0.05, 0.1) is 25.3 Å². The van der Waals surface area contributed by atoms with E-state index < -0.39 is 11.3 Å². The van der Waals surface area contributed by atoms with E-state index in [1.165, 1.54) is 14.2 Å². The molecule has 0 spiro atoms. The zero-order chi connectivity index (χ0) is 18.7. The van der Waals surface area contributed by atoms with Gasteiger partial charge in [-0.2, -0.15) is 5.10 Å². The van der Waals surface area contributed by atoms with Crippen LogP contribution in [0.15, 0.2) is 41.2 Å². The Kier molecular flexibility index (Phi) is 5.31. The van der Waals surface area contributed by atoms with E-state index in [0.717, 1.165) is 11.1 Å². The van der Waals surface area contributed by atoms with Gasteiger partial charge in [-0.1, -0.05) is 18.2 Å². The second-order valence-corrected chi connectivity index (χ2v) is 6.17. The summed E-state index contributed by atoms with van der Waals surface area (Å²) >= 11 is -2.34. The number of benzene rings is 2. The largest absolute Gasteiger partial charge is 0.760 e. The predicted molar refractivity (Wildman–Crippen MR) is 96.7 cm³/mol. The number of aromatic amines is 1. The van der Waals surface area contributed by atoms with Crippen LogP contribution in [0.4, 0.5) is 0 Å². The third kappa shape index (κ3) is 3.59. The molecule has 0 aliphatic carbocycles. The monoisotopic (exact) mass is 374 g/mol. The Bertz CT molecular complexity index is 1030. The summed E-state index contributed by atoms with van der Waals surface area (Å²) in [4.78, 5) is 12.2. The fourth-order valence-corrected chi connectivity index (χ4v) is 2.97. The summed E-state index contributed by atoms with van der Waals surface area (Å²) in [5.74, 6) is 0.923. The lowest BCUT2D eigenvalue weighted by Gasteiger charge is -2.12. The van der Waals surface area contributed by atoms with Crippen LogP contribution < -0.4 is 19.8 Å². The lowest BCUT2D eigenvalue weighted by atomic mass is 10.0. The van der Waals surface area contributed by atoms with Crippen LogP contribution in [0, 0.1) is 0 Å². The number of nitrogens with one attached hydrogen (secondary N) is 2. The van der Waals surface area contributed by atoms with Crippen molar-refractivity contribution in [1.82, 2.24) is 14.9 Å². The molecule has 1 atom stereocenters. The standard InChI is InChI=1S/C17H17N3O5S/c1-24-14-7-12-13(8-15(14)25-2)17(21)20-19-16(12)11-5-3-4-10(6-11)9-18-26(22)23/h3-8,18H,9H2,1-2H3,(H,20,21)(H,22,23)/p-1. The van der Waals surface area contributed by atoms with Crippen molar-refractivity contribution in [2.45, 2.75) is 6.54 Å². The molecule has 136 valence electrons. The van der Waals surface area contributed by atoms with Crippen molar-refractivity contribution in [1.29, 1.82) is 0 Å². The highest BCUT2D eigenvalue weighted by Crippen LogP contribution is 2.34. The molecule has 8 nitrogen and oxygen atoms in total. The number of aromatic nitrogens is 2. The summed E-state index contributed by atoms with van der Waals surface area (Å²) < 4.78 is 34.3. The number of nitrogens with zero attached hydrogens (tertiary/aromatic N) is 1. The molecule has 0 radical (unpaired) electrons. The summed E-state index contributed by atoms with van der Waals surface area (Å²) in [7, 11) is 3.01. The smallest absolute Gasteiger partial charge is 0.272 e. The molecular formula is C17H16N3O5S-. The van der Waals surface area contributed by atoms with Gasteiger partial charge in [0.1, 0.15) is 0 Å². The van der Waals surface area contributed by atoms with Gasteiger partial charge in [0.2, 0.25) is 0 Å². The molecule has 0 bridgehead atoms. The fourth-order valence-electron chi connectivity index (χ4n) is 2.68. The highest BCUT2D eigenvalue weighted by Gasteiger charge is 2.14. The number of rotatable bonds is 6. The minimum atomic E-state index is -2.34. The maximum Gasteiger partial charge on any atom is 0.272 e. The molecule has 2 N–H and O–H groups in total. The van der Waals surface area contributed by atoms with Gasteiger partial charge in [0, 0.05) is 28.8 Å². The first kappa shape index (κ1) is 18.1. The van der Waals surface area contributed by atoms with Crippen LogP contribution in [0.1, 0.15) is 5.56 Å². The van der Waals surface area contributed by atoms with Crippen molar-refractivity contribution in [2.24, 2.45) is 0 Å². The van der Waals surface area contributed by atoms with Crippen LogP contribution >= 0.6 is 0 Å². The van der Waals surface area contributed by atoms with Gasteiger partial charge < -0.3 is 14.0 Å². The van der Waals surface area contributed by atoms with Gasteiger partial charge >= 0.3 is 0 Å². The van der Waals surface area contributed by atoms with Gasteiger partial charge in [-0.05, 0) is 23.8 Å². The summed E-state index contributed by atoms with van der Waals surface area (Å²) in [6.45, 7) is 0.155. The van der Waals surface area contributed by atoms with Crippen LogP contribution in [0.2, 0.25) is 0 Å². The molecule has 9 heteroatoms. The molecule has 1 aromatic heterocycles. The predicted octanol–water partition coefficient (Wildman–Crippen LogP) is 1.49. The molecule has 0 aliphatic rings. The van der Waals surface area contributed by atoms with Crippen LogP contribution in [0.3, 0.4) is 0 Å². The van der Waals surface area contributed by atoms with Gasteiger partial charge in [0.15, 0.2) is 11.5 Å². The average Bonchev–Trinajstić information content (AvgIpc) is 2.66. The lowest BCUT2D eigenvalue weighted by molar-refractivity contribution is 0.356. The van der Waals surface area contributed by atoms with Gasteiger partial charge in [-0.15, -0.1) is 0 Å². The SMILES string of the molecule is COc1cc2c(-c3cccc(CNS(=O)[O-])c3)n[nH]c(=O)c2cc1OC. The highest BCUT2D eigenvalue weighted by molar-refractivity contribution is 7.77. The Morgan fingerprint density at radius 3 is 2.50 bits per heavy atom. The maximum atomic E-state index is 12.2. The minimum absolute atomic E-state index is 0.155. The first-order valence-corrected chi connectivity index (χ1v) is 8.67. The van der Waals surface area contributed by atoms with E-state index in [4.69, 9.17) is 9.47 Å². The highest BCUT2D eigenvalue weighted by atomic mass is 32.2. The number of H-pyrrole nitrogens is 1. The first-order valence-electron chi connectivity index (χ1n) is 7.60. The van der Waals surface area contributed by atoms with Crippen molar-refractivity contribution < 1.29 is 18.2 Å². The Morgan fingerprint density at radius 2 is 1.85 bits per heavy atom. The van der Waals surface area contributed by atoms with Crippen molar-refractivity contribution in [3.8, 4) is 22.8 Å². The van der Waals surface area contributed by atoms with Crippen LogP contribution in [-0.2, 0) is 17.8 Å². The van der Waals surface area contributed by atoms with E-state index in [9.17, 15) is 13.6 Å². The normalized spacial score (nSPS) is 12.1. The number of hydrogen-bond acceptors (Lipinski definition) is 6. The minimum Gasteiger partial charge on any atom is -0.760 e. The molecule has 0 aliphatic heterocycles. The Hall–Kier alpha value is -2.75. The lowest BCUT2D eigenvalue weighted by Crippen LogP contribution is -2.15. The van der Waals surface area contributed by atoms with Crippen LogP contribution in [0.25, 0.3) is 22.0 Å². The molecule has 3 aromatic rings. The Balaban J connectivity index is 2.16. The molecule has 0 fully saturated rings. The van der Waals surface area contributed by atoms with E-state index in [1.807, 2.05) is 6.07 Å². The van der Waals surface area contributed by atoms with E-state index in [2.05, 4.69) is 14.9 Å². The maximum absolute atomic E-state index is 12.2. The zero-order valence-corrected chi connectivity index (χ0v) is 14.9. The number of fused-ring (bicyclic) bond motifs is 1. The van der Waals surface area contributed by atoms with E-state index >= 15 is 0 Å². The molecule has 2 aromatic carbocycles. The van der Waals surface area contributed by atoms with E-state index in [1.54, 1.807) is 30.3 Å². The summed E-state index contributed by atoms with van der Waals surface area (Å²) in [6.07, 6.45) is 0. The zero-order valence-electron chi connectivity index (χ0n) is 14.1. The van der Waals surface area contributed by atoms with E-state index in [0.29, 0.717) is 28.0 Å². The average molecular weight is 374 g/mol. The quantitative estimate of drug-likeness (QED) is 0.632. The van der Waals surface area contributed by atoms with Crippen molar-refractivity contribution >= 4 is 22.0 Å². The summed E-state index contributed by atoms with van der Waals surface area (Å²) in [5, 5.41) is 7.67. The Labute approximate surface area is 151 Å². The van der Waals surface area contributed by atoms with Crippen molar-refractivity contribution in [3.63, 3.8) is 0 Å². The summed E-state index contributed by atoms with van der Waals surface area (Å²) in [6, 6.07) is 10.5. The molecule has 0 saturated heterocycles. The molecule has 3 rings (SSSR count). The van der Waals surface area contributed by atoms with Gasteiger partial charge in [-0.25, -0.2) is 9.82 Å². The number of ether oxygens (including phenoxy) is 2. The third-order valence-corrected chi connectivity index (χ3v) is 4.27. The Morgan fingerprint density at radius 1 is 1.15 bits per heavy atom. The number of hydrogen-bond donors (Lipinski definition) is 2. The second-order valence-electron chi connectivity index (χ2n) is 5.41. The fraction of sp³-hybridized carbons (Fsp3) is 0.176. The molecule has 26 heavy (non-hydrogen) atoms. The molecule has 1 heterocycles. The van der Waals surface area contributed by atoms with Crippen LogP contribution in [-0.4, -0.2) is 33.2 Å². The number of methoxy groups -OCH3 is 2. The topological polar surface area (TPSA) is 116 Å². The van der Waals surface area contributed by atoms with Gasteiger partial charge in [0.25, 0.3) is 5.56 Å². The van der Waals surface area contributed by atoms with Gasteiger partial charge in [-0.3, -0.25) is 9.00 Å². The molecular weight excluding hydrogens is 358 g/mol.